The van der Waals surface area contributed by atoms with Crippen LogP contribution in [0.1, 0.15) is 45.3 Å². The molecular weight excluding hydrogens is 612 g/mol. The first-order valence-electron chi connectivity index (χ1n) is 16.9. The quantitative estimate of drug-likeness (QED) is 0.344. The summed E-state index contributed by atoms with van der Waals surface area (Å²) < 4.78 is 12.6. The third kappa shape index (κ3) is 5.90. The molecule has 2 saturated heterocycles. The molecule has 4 aliphatic heterocycles. The van der Waals surface area contributed by atoms with E-state index >= 15 is 0 Å². The van der Waals surface area contributed by atoms with Crippen LogP contribution in [0.5, 0.6) is 0 Å². The van der Waals surface area contributed by atoms with Gasteiger partial charge in [-0.1, -0.05) is 54.6 Å². The van der Waals surface area contributed by atoms with Gasteiger partial charge in [-0.2, -0.15) is 0 Å². The summed E-state index contributed by atoms with van der Waals surface area (Å²) >= 11 is 0. The Bertz CT molecular complexity index is 1570. The number of allylic oxidation sites excluding steroid dienone is 1. The van der Waals surface area contributed by atoms with Crippen molar-refractivity contribution in [2.75, 3.05) is 42.6 Å². The average Bonchev–Trinajstić information content (AvgIpc) is 3.76. The summed E-state index contributed by atoms with van der Waals surface area (Å²) in [4.78, 5) is 61.4. The molecule has 11 nitrogen and oxygen atoms in total. The summed E-state index contributed by atoms with van der Waals surface area (Å²) in [5.74, 6) is -3.74. The van der Waals surface area contributed by atoms with Gasteiger partial charge >= 0.3 is 5.97 Å². The molecule has 3 amide bonds. The molecule has 254 valence electrons. The molecule has 0 saturated carbocycles. The fraction of sp³-hybridized carbons (Fsp3) is 0.459. The van der Waals surface area contributed by atoms with Crippen molar-refractivity contribution in [1.29, 1.82) is 0 Å². The Morgan fingerprint density at radius 2 is 1.73 bits per heavy atom. The summed E-state index contributed by atoms with van der Waals surface area (Å²) in [6.45, 7) is 7.36. The number of benzene rings is 2. The zero-order chi connectivity index (χ0) is 34.0. The highest BCUT2D eigenvalue weighted by Crippen LogP contribution is 2.56. The Hall–Kier alpha value is -4.48. The zero-order valence-corrected chi connectivity index (χ0v) is 27.7. The number of anilines is 2. The van der Waals surface area contributed by atoms with Gasteiger partial charge in [-0.25, -0.2) is 0 Å². The number of fused-ring (bicyclic) bond motifs is 2. The van der Waals surface area contributed by atoms with E-state index in [-0.39, 0.29) is 32.0 Å². The number of carbonyl (C=O) groups is 4. The van der Waals surface area contributed by atoms with Crippen molar-refractivity contribution in [2.45, 2.75) is 63.5 Å². The molecule has 7 atom stereocenters. The number of aliphatic hydroxyl groups is 1. The second kappa shape index (κ2) is 13.9. The molecule has 11 heteroatoms. The minimum atomic E-state index is -1.43. The van der Waals surface area contributed by atoms with Crippen molar-refractivity contribution in [3.63, 3.8) is 0 Å². The number of nitrogens with zero attached hydrogens (tertiary/aromatic N) is 3. The topological polar surface area (TPSA) is 129 Å². The molecule has 4 heterocycles. The molecule has 2 aromatic rings. The smallest absolute Gasteiger partial charge is 0.313 e. The second-order valence-corrected chi connectivity index (χ2v) is 12.8. The summed E-state index contributed by atoms with van der Waals surface area (Å²) in [5, 5.41) is 13.2. The monoisotopic (exact) mass is 656 g/mol. The number of hydrogen-bond acceptors (Lipinski definition) is 8. The number of carbonyl (C=O) groups excluding carboxylic acids is 4. The van der Waals surface area contributed by atoms with E-state index in [1.54, 1.807) is 24.0 Å². The van der Waals surface area contributed by atoms with Crippen LogP contribution in [0.2, 0.25) is 0 Å². The minimum absolute atomic E-state index is 0.0577. The summed E-state index contributed by atoms with van der Waals surface area (Å²) in [6, 6.07) is 15.0. The average molecular weight is 657 g/mol. The van der Waals surface area contributed by atoms with Crippen LogP contribution in [-0.4, -0.2) is 90.3 Å². The molecule has 4 aliphatic rings. The molecule has 0 radical (unpaired) electrons. The van der Waals surface area contributed by atoms with Gasteiger partial charge in [0.2, 0.25) is 11.8 Å². The third-order valence-electron chi connectivity index (χ3n) is 10.0. The van der Waals surface area contributed by atoms with Crippen molar-refractivity contribution in [1.82, 2.24) is 10.2 Å². The van der Waals surface area contributed by atoms with E-state index in [9.17, 15) is 24.3 Å². The first-order valence-corrected chi connectivity index (χ1v) is 16.9. The van der Waals surface area contributed by atoms with Gasteiger partial charge in [-0.3, -0.25) is 19.2 Å². The standard InChI is InChI=1S/C37H44N4O7/c1-4-39(5-2)26-15-17-27(18-16-26)40-21-11-7-10-14-30(43)38-22-29(25-12-8-6-9-13-25)47-36(46)31-28-19-20-37(48-28)32(31)34(44)41(24(3)23-42)33(37)35(40)45/h6-9,11-13,15-20,24,28-29,31-33,42H,4-5,10,14,21-23H2,1-3H3,(H,38,43)/b11-7-/t24-,28-,29-,31+,32+,33-,37+/m1/s1. The van der Waals surface area contributed by atoms with E-state index in [0.29, 0.717) is 17.7 Å². The van der Waals surface area contributed by atoms with Gasteiger partial charge in [0.25, 0.3) is 5.91 Å². The van der Waals surface area contributed by atoms with Gasteiger partial charge < -0.3 is 34.6 Å². The highest BCUT2D eigenvalue weighted by molar-refractivity contribution is 6.05. The maximum Gasteiger partial charge on any atom is 0.313 e. The number of ether oxygens (including phenoxy) is 2. The maximum atomic E-state index is 14.9. The first-order chi connectivity index (χ1) is 23.2. The van der Waals surface area contributed by atoms with E-state index in [4.69, 9.17) is 9.47 Å². The van der Waals surface area contributed by atoms with Gasteiger partial charge in [-0.05, 0) is 57.0 Å². The Morgan fingerprint density at radius 3 is 2.42 bits per heavy atom. The SMILES string of the molecule is CCN(CC)c1ccc(N2C/C=C\CCC(=O)NC[C@H](c3ccccc3)OC(=O)[C@@H]3[C@H]4C(=O)N([C@H](C)CO)[C@H](C2=O)[C@]42C=C[C@H]3O2)cc1. The van der Waals surface area contributed by atoms with E-state index < -0.39 is 59.5 Å². The first kappa shape index (κ1) is 33.4. The van der Waals surface area contributed by atoms with Crippen LogP contribution in [0.4, 0.5) is 11.4 Å². The Morgan fingerprint density at radius 1 is 1.00 bits per heavy atom. The van der Waals surface area contributed by atoms with Crippen LogP contribution in [0.15, 0.2) is 78.9 Å². The van der Waals surface area contributed by atoms with Gasteiger partial charge in [0.15, 0.2) is 0 Å². The molecule has 1 spiro atoms. The molecule has 2 N–H and O–H groups in total. The third-order valence-corrected chi connectivity index (χ3v) is 10.0. The number of hydrogen-bond donors (Lipinski definition) is 2. The number of likely N-dealkylation sites (tertiary alicyclic amines) is 1. The summed E-state index contributed by atoms with van der Waals surface area (Å²) in [6.07, 6.45) is 6.26. The van der Waals surface area contributed by atoms with Crippen molar-refractivity contribution in [3.8, 4) is 0 Å². The van der Waals surface area contributed by atoms with Crippen LogP contribution >= 0.6 is 0 Å². The number of rotatable bonds is 7. The fourth-order valence-electron chi connectivity index (χ4n) is 7.54. The molecule has 2 aromatic carbocycles. The minimum Gasteiger partial charge on any atom is -0.455 e. The number of amides is 3. The van der Waals surface area contributed by atoms with Crippen molar-refractivity contribution in [2.24, 2.45) is 11.8 Å². The fourth-order valence-corrected chi connectivity index (χ4v) is 7.54. The Kier molecular flexibility index (Phi) is 9.70. The lowest BCUT2D eigenvalue weighted by Gasteiger charge is -2.38. The lowest BCUT2D eigenvalue weighted by atomic mass is 9.74. The normalized spacial score (nSPS) is 30.2. The van der Waals surface area contributed by atoms with E-state index in [1.807, 2.05) is 66.7 Å². The number of cyclic esters (lactones) is 1. The molecule has 0 aliphatic carbocycles. The van der Waals surface area contributed by atoms with Crippen LogP contribution in [-0.2, 0) is 28.7 Å². The Labute approximate surface area is 281 Å². The summed E-state index contributed by atoms with van der Waals surface area (Å²) in [5.41, 5.74) is 0.907. The molecule has 2 fully saturated rings. The van der Waals surface area contributed by atoms with Crippen LogP contribution in [0.25, 0.3) is 0 Å². The van der Waals surface area contributed by atoms with Crippen molar-refractivity contribution in [3.05, 3.63) is 84.5 Å². The van der Waals surface area contributed by atoms with Gasteiger partial charge in [0, 0.05) is 37.4 Å². The molecule has 5 bridgehead atoms. The predicted octanol–water partition coefficient (Wildman–Crippen LogP) is 3.15. The van der Waals surface area contributed by atoms with E-state index in [1.165, 1.54) is 4.90 Å². The zero-order valence-electron chi connectivity index (χ0n) is 27.7. The van der Waals surface area contributed by atoms with Gasteiger partial charge in [-0.15, -0.1) is 0 Å². The lowest BCUT2D eigenvalue weighted by Crippen LogP contribution is -2.58. The van der Waals surface area contributed by atoms with Gasteiger partial charge in [0.1, 0.15) is 23.7 Å². The molecule has 0 aromatic heterocycles. The van der Waals surface area contributed by atoms with Crippen LogP contribution < -0.4 is 15.1 Å². The highest BCUT2D eigenvalue weighted by Gasteiger charge is 2.74. The van der Waals surface area contributed by atoms with E-state index in [0.717, 1.165) is 18.8 Å². The largest absolute Gasteiger partial charge is 0.455 e. The summed E-state index contributed by atoms with van der Waals surface area (Å²) in [7, 11) is 0. The van der Waals surface area contributed by atoms with Crippen molar-refractivity contribution < 1.29 is 33.8 Å². The van der Waals surface area contributed by atoms with E-state index in [2.05, 4.69) is 24.1 Å². The molecule has 48 heavy (non-hydrogen) atoms. The van der Waals surface area contributed by atoms with Crippen molar-refractivity contribution >= 4 is 35.1 Å². The second-order valence-electron chi connectivity index (χ2n) is 12.8. The number of esters is 1. The van der Waals surface area contributed by atoms with Gasteiger partial charge in [0.05, 0.1) is 31.2 Å². The molecular formula is C37H44N4O7. The number of nitrogens with one attached hydrogen (secondary N) is 1. The lowest BCUT2D eigenvalue weighted by molar-refractivity contribution is -0.160. The molecule has 0 unspecified atom stereocenters. The maximum absolute atomic E-state index is 14.9. The molecule has 6 rings (SSSR count). The predicted molar refractivity (Wildman–Crippen MR) is 180 cm³/mol. The Balaban J connectivity index is 1.42. The van der Waals surface area contributed by atoms with Crippen LogP contribution in [0, 0.1) is 11.8 Å². The highest BCUT2D eigenvalue weighted by atomic mass is 16.6. The van der Waals surface area contributed by atoms with Crippen LogP contribution in [0.3, 0.4) is 0 Å². The number of aliphatic hydroxyl groups excluding tert-OH is 1.